The first-order valence-corrected chi connectivity index (χ1v) is 14.9. The van der Waals surface area contributed by atoms with Crippen molar-refractivity contribution in [3.05, 3.63) is 29.3 Å². The largest absolute Gasteiger partial charge is 0.460 e. The molecule has 3 nitrogen and oxygen atoms in total. The van der Waals surface area contributed by atoms with E-state index < -0.39 is 51.8 Å². The van der Waals surface area contributed by atoms with Gasteiger partial charge in [-0.1, -0.05) is 37.8 Å². The van der Waals surface area contributed by atoms with Crippen LogP contribution >= 0.6 is 7.60 Å². The van der Waals surface area contributed by atoms with Crippen LogP contribution in [0.1, 0.15) is 11.1 Å². The molecule has 0 saturated carbocycles. The van der Waals surface area contributed by atoms with Crippen LogP contribution in [0.15, 0.2) is 18.2 Å². The first-order valence-electron chi connectivity index (χ1n) is 9.18. The molecule has 1 aromatic carbocycles. The summed E-state index contributed by atoms with van der Waals surface area (Å²) in [5.41, 5.74) is 0.747. The fourth-order valence-electron chi connectivity index (χ4n) is 2.74. The van der Waals surface area contributed by atoms with Gasteiger partial charge in [-0.3, -0.25) is 4.52 Å². The monoisotopic (exact) mass is 518 g/mol. The number of hydrogen-bond acceptors (Lipinski definition) is 3. The van der Waals surface area contributed by atoms with Gasteiger partial charge in [-0.2, -0.15) is 39.5 Å². The van der Waals surface area contributed by atoms with Crippen LogP contribution in [0.2, 0.25) is 25.7 Å². The second kappa shape index (κ2) is 8.86. The Kier molecular flexibility index (Phi) is 7.99. The normalized spacial score (nSPS) is 17.1. The fraction of sp³-hybridized carbons (Fsp3) is 0.667. The van der Waals surface area contributed by atoms with E-state index in [4.69, 9.17) is 4.52 Å². The minimum atomic E-state index is -7.07. The van der Waals surface area contributed by atoms with E-state index in [1.807, 2.05) is 0 Å². The molecule has 0 aromatic heterocycles. The molecule has 0 amide bonds. The van der Waals surface area contributed by atoms with Gasteiger partial charge in [0, 0.05) is 14.7 Å². The van der Waals surface area contributed by atoms with Gasteiger partial charge in [-0.15, -0.1) is 0 Å². The summed E-state index contributed by atoms with van der Waals surface area (Å²) < 4.78 is 144. The van der Waals surface area contributed by atoms with Gasteiger partial charge in [0.05, 0.1) is 0 Å². The number of aryl methyl sites for hydroxylation is 2. The minimum absolute atomic E-state index is 0.0826. The third kappa shape index (κ3) is 6.02. The summed E-state index contributed by atoms with van der Waals surface area (Å²) in [6.45, 7) is 7.74. The average molecular weight is 518 g/mol. The zero-order valence-electron chi connectivity index (χ0n) is 18.1. The highest BCUT2D eigenvalue weighted by atomic mass is 31.2. The molecule has 0 aliphatic carbocycles. The molecule has 1 aromatic rings. The molecule has 0 aliphatic heterocycles. The Morgan fingerprint density at radius 3 is 1.72 bits per heavy atom. The molecule has 1 rings (SSSR count). The summed E-state index contributed by atoms with van der Waals surface area (Å²) in [7, 11) is -7.56. The highest BCUT2D eigenvalue weighted by molar-refractivity contribution is 7.53. The van der Waals surface area contributed by atoms with Crippen LogP contribution in [0.25, 0.3) is 0 Å². The van der Waals surface area contributed by atoms with E-state index >= 15 is 0 Å². The van der Waals surface area contributed by atoms with Gasteiger partial charge in [-0.05, 0) is 31.0 Å². The summed E-state index contributed by atoms with van der Waals surface area (Å²) >= 11 is 0. The number of rotatable bonds is 9. The van der Waals surface area contributed by atoms with Crippen LogP contribution in [-0.4, -0.2) is 44.8 Å². The molecule has 0 N–H and O–H groups in total. The molecule has 186 valence electrons. The van der Waals surface area contributed by atoms with Crippen molar-refractivity contribution in [2.75, 3.05) is 6.66 Å². The summed E-state index contributed by atoms with van der Waals surface area (Å²) in [5.74, 6) is -20.1. The van der Waals surface area contributed by atoms with Gasteiger partial charge in [0.2, 0.25) is 0 Å². The Hall–Kier alpha value is -1.20. The summed E-state index contributed by atoms with van der Waals surface area (Å²) in [6.07, 6.45) is -10.2. The molecular formula is C18H24F9O3PSi. The maximum absolute atomic E-state index is 14.6. The van der Waals surface area contributed by atoms with Crippen molar-refractivity contribution in [2.24, 2.45) is 0 Å². The fourth-order valence-corrected chi connectivity index (χ4v) is 5.66. The molecule has 2 unspecified atom stereocenters. The summed E-state index contributed by atoms with van der Waals surface area (Å²) in [4.78, 5) is 0. The molecule has 2 atom stereocenters. The van der Waals surface area contributed by atoms with E-state index in [0.717, 1.165) is 0 Å². The molecule has 0 fully saturated rings. The van der Waals surface area contributed by atoms with Crippen molar-refractivity contribution in [2.45, 2.75) is 69.6 Å². The van der Waals surface area contributed by atoms with Gasteiger partial charge in [-0.25, -0.2) is 4.57 Å². The lowest BCUT2D eigenvalue weighted by molar-refractivity contribution is -0.403. The van der Waals surface area contributed by atoms with Crippen molar-refractivity contribution in [1.29, 1.82) is 0 Å². The maximum Gasteiger partial charge on any atom is 0.460 e. The minimum Gasteiger partial charge on any atom is -0.424 e. The quantitative estimate of drug-likeness (QED) is 0.191. The molecule has 0 bridgehead atoms. The SMILES string of the molecule is Cc1cccc(C)c1OP(C)(=O)OC(C[Si](C)(C)C)C(F)(F)C(F)(F)C(F)(F)C(F)(F)F. The Balaban J connectivity index is 3.46. The second-order valence-electron chi connectivity index (χ2n) is 8.71. The van der Waals surface area contributed by atoms with Crippen LogP contribution in [0.4, 0.5) is 39.5 Å². The van der Waals surface area contributed by atoms with Crippen molar-refractivity contribution in [1.82, 2.24) is 0 Å². The highest BCUT2D eigenvalue weighted by Crippen LogP contribution is 2.58. The Bertz CT molecular complexity index is 846. The van der Waals surface area contributed by atoms with Gasteiger partial charge in [0.1, 0.15) is 11.9 Å². The van der Waals surface area contributed by atoms with E-state index in [9.17, 15) is 44.1 Å². The molecule has 0 spiro atoms. The van der Waals surface area contributed by atoms with E-state index in [2.05, 4.69) is 4.52 Å². The number of alkyl halides is 9. The van der Waals surface area contributed by atoms with E-state index in [0.29, 0.717) is 17.8 Å². The maximum atomic E-state index is 14.6. The standard InChI is InChI=1S/C18H24F9O3PSi/c1-11-8-7-9-12(2)14(11)30-31(3,28)29-13(10-32(4,5)6)15(19,20)16(21,22)17(23,24)18(25,26)27/h7-9,13H,10H2,1-6H3. The lowest BCUT2D eigenvalue weighted by atomic mass is 10.00. The van der Waals surface area contributed by atoms with Crippen LogP contribution < -0.4 is 4.52 Å². The molecule has 32 heavy (non-hydrogen) atoms. The van der Waals surface area contributed by atoms with Gasteiger partial charge in [0.15, 0.2) is 0 Å². The van der Waals surface area contributed by atoms with E-state index in [1.54, 1.807) is 6.07 Å². The van der Waals surface area contributed by atoms with Gasteiger partial charge in [0.25, 0.3) is 0 Å². The topological polar surface area (TPSA) is 35.5 Å². The lowest BCUT2D eigenvalue weighted by Crippen LogP contribution is -2.65. The zero-order chi connectivity index (χ0) is 25.6. The van der Waals surface area contributed by atoms with Crippen LogP contribution in [0.5, 0.6) is 5.75 Å². The van der Waals surface area contributed by atoms with Gasteiger partial charge < -0.3 is 4.52 Å². The predicted octanol–water partition coefficient (Wildman–Crippen LogP) is 7.70. The third-order valence-corrected chi connectivity index (χ3v) is 7.10. The molecular weight excluding hydrogens is 494 g/mol. The van der Waals surface area contributed by atoms with Crippen molar-refractivity contribution >= 4 is 15.7 Å². The predicted molar refractivity (Wildman–Crippen MR) is 104 cm³/mol. The average Bonchev–Trinajstić information content (AvgIpc) is 2.55. The Labute approximate surface area is 180 Å². The lowest BCUT2D eigenvalue weighted by Gasteiger charge is -2.39. The number of hydrogen-bond donors (Lipinski definition) is 0. The molecule has 0 heterocycles. The molecule has 0 radical (unpaired) electrons. The second-order valence-corrected chi connectivity index (χ2v) is 16.2. The van der Waals surface area contributed by atoms with E-state index in [1.165, 1.54) is 45.6 Å². The molecule has 0 saturated heterocycles. The van der Waals surface area contributed by atoms with Crippen LogP contribution in [-0.2, 0) is 9.09 Å². The Morgan fingerprint density at radius 1 is 0.906 bits per heavy atom. The summed E-state index contributed by atoms with van der Waals surface area (Å²) in [5, 5.41) is 0. The number of para-hydroxylation sites is 1. The highest BCUT2D eigenvalue weighted by Gasteiger charge is 2.83. The summed E-state index contributed by atoms with van der Waals surface area (Å²) in [6, 6.07) is 3.57. The van der Waals surface area contributed by atoms with Crippen LogP contribution in [0, 0.1) is 13.8 Å². The molecule has 14 heteroatoms. The van der Waals surface area contributed by atoms with E-state index in [-0.39, 0.29) is 5.75 Å². The van der Waals surface area contributed by atoms with Crippen molar-refractivity contribution < 1.29 is 53.1 Å². The van der Waals surface area contributed by atoms with Crippen molar-refractivity contribution in [3.8, 4) is 5.75 Å². The Morgan fingerprint density at radius 2 is 1.34 bits per heavy atom. The van der Waals surface area contributed by atoms with Crippen LogP contribution in [0.3, 0.4) is 0 Å². The third-order valence-electron chi connectivity index (χ3n) is 4.36. The molecule has 0 aliphatic rings. The zero-order valence-corrected chi connectivity index (χ0v) is 20.0. The number of benzene rings is 1. The number of halogens is 9. The van der Waals surface area contributed by atoms with Crippen molar-refractivity contribution in [3.63, 3.8) is 0 Å². The smallest absolute Gasteiger partial charge is 0.424 e. The first-order chi connectivity index (χ1) is 14.0. The van der Waals surface area contributed by atoms with Gasteiger partial charge >= 0.3 is 31.5 Å². The first kappa shape index (κ1) is 28.8.